The fourth-order valence-electron chi connectivity index (χ4n) is 2.19. The third-order valence-corrected chi connectivity index (χ3v) is 4.20. The molecule has 0 saturated carbocycles. The summed E-state index contributed by atoms with van der Waals surface area (Å²) in [6.45, 7) is 8.44. The number of nitrogens with zero attached hydrogens (tertiary/aromatic N) is 1. The number of hydrogen-bond donors (Lipinski definition) is 1. The molecule has 1 saturated heterocycles. The highest BCUT2D eigenvalue weighted by atomic mass is 32.1. The van der Waals surface area contributed by atoms with Crippen LogP contribution in [0.15, 0.2) is 12.1 Å². The van der Waals surface area contributed by atoms with Gasteiger partial charge in [0.15, 0.2) is 0 Å². The summed E-state index contributed by atoms with van der Waals surface area (Å²) < 4.78 is 5.34. The number of thiophene rings is 1. The SMILES string of the molecule is Cc1ccc(C2CN(C(=O)OC(C)(C)C)CC2O)s1. The van der Waals surface area contributed by atoms with Gasteiger partial charge in [0.2, 0.25) is 0 Å². The van der Waals surface area contributed by atoms with E-state index >= 15 is 0 Å². The summed E-state index contributed by atoms with van der Waals surface area (Å²) in [5, 5.41) is 10.1. The average molecular weight is 283 g/mol. The summed E-state index contributed by atoms with van der Waals surface area (Å²) >= 11 is 1.68. The Morgan fingerprint density at radius 3 is 2.63 bits per heavy atom. The van der Waals surface area contributed by atoms with E-state index in [4.69, 9.17) is 4.74 Å². The van der Waals surface area contributed by atoms with E-state index in [1.807, 2.05) is 39.8 Å². The minimum Gasteiger partial charge on any atom is -0.444 e. The van der Waals surface area contributed by atoms with Gasteiger partial charge in [-0.25, -0.2) is 4.79 Å². The Labute approximate surface area is 118 Å². The highest BCUT2D eigenvalue weighted by Gasteiger charge is 2.37. The fourth-order valence-corrected chi connectivity index (χ4v) is 3.22. The molecule has 2 rings (SSSR count). The first kappa shape index (κ1) is 14.3. The normalized spacial score (nSPS) is 23.7. The summed E-state index contributed by atoms with van der Waals surface area (Å²) in [6.07, 6.45) is -0.854. The molecule has 0 bridgehead atoms. The lowest BCUT2D eigenvalue weighted by atomic mass is 10.1. The zero-order chi connectivity index (χ0) is 14.2. The van der Waals surface area contributed by atoms with E-state index in [0.717, 1.165) is 4.88 Å². The second-order valence-corrected chi connectivity index (χ2v) is 7.33. The van der Waals surface area contributed by atoms with Crippen molar-refractivity contribution >= 4 is 17.4 Å². The zero-order valence-corrected chi connectivity index (χ0v) is 12.7. The average Bonchev–Trinajstić information content (AvgIpc) is 2.82. The van der Waals surface area contributed by atoms with Gasteiger partial charge in [-0.3, -0.25) is 0 Å². The van der Waals surface area contributed by atoms with E-state index in [-0.39, 0.29) is 12.0 Å². The van der Waals surface area contributed by atoms with E-state index < -0.39 is 11.7 Å². The number of ether oxygens (including phenoxy) is 1. The molecule has 2 unspecified atom stereocenters. The Balaban J connectivity index is 2.03. The lowest BCUT2D eigenvalue weighted by molar-refractivity contribution is 0.0270. The predicted octanol–water partition coefficient (Wildman–Crippen LogP) is 2.75. The van der Waals surface area contributed by atoms with Crippen LogP contribution in [0.3, 0.4) is 0 Å². The Kier molecular flexibility index (Phi) is 3.87. The standard InChI is InChI=1S/C14H21NO3S/c1-9-5-6-12(19-9)10-7-15(8-11(10)16)13(17)18-14(2,3)4/h5-6,10-11,16H,7-8H2,1-4H3. The Morgan fingerprint density at radius 1 is 1.42 bits per heavy atom. The number of carbonyl (C=O) groups is 1. The van der Waals surface area contributed by atoms with Gasteiger partial charge in [0.25, 0.3) is 0 Å². The van der Waals surface area contributed by atoms with Crippen LogP contribution in [-0.4, -0.2) is 40.9 Å². The molecule has 2 heterocycles. The number of hydrogen-bond acceptors (Lipinski definition) is 4. The summed E-state index contributed by atoms with van der Waals surface area (Å²) in [5.74, 6) is 0.00576. The van der Waals surface area contributed by atoms with Gasteiger partial charge in [0, 0.05) is 22.2 Å². The van der Waals surface area contributed by atoms with Gasteiger partial charge in [-0.15, -0.1) is 11.3 Å². The smallest absolute Gasteiger partial charge is 0.410 e. The highest BCUT2D eigenvalue weighted by molar-refractivity contribution is 7.12. The Bertz CT molecular complexity index is 464. The third kappa shape index (κ3) is 3.48. The van der Waals surface area contributed by atoms with Gasteiger partial charge in [0.05, 0.1) is 12.6 Å². The number of carbonyl (C=O) groups excluding carboxylic acids is 1. The van der Waals surface area contributed by atoms with Crippen molar-refractivity contribution in [3.8, 4) is 0 Å². The van der Waals surface area contributed by atoms with Gasteiger partial charge < -0.3 is 14.7 Å². The second-order valence-electron chi connectivity index (χ2n) is 6.01. The fraction of sp³-hybridized carbons (Fsp3) is 0.643. The van der Waals surface area contributed by atoms with Crippen LogP contribution in [0.1, 0.15) is 36.4 Å². The summed E-state index contributed by atoms with van der Waals surface area (Å²) in [7, 11) is 0. The van der Waals surface area contributed by atoms with Crippen molar-refractivity contribution in [2.75, 3.05) is 13.1 Å². The summed E-state index contributed by atoms with van der Waals surface area (Å²) in [6, 6.07) is 4.08. The molecule has 0 spiro atoms. The minimum atomic E-state index is -0.509. The zero-order valence-electron chi connectivity index (χ0n) is 11.8. The molecule has 1 aromatic rings. The molecule has 1 amide bonds. The van der Waals surface area contributed by atoms with Crippen molar-refractivity contribution in [2.24, 2.45) is 0 Å². The molecule has 1 fully saturated rings. The van der Waals surface area contributed by atoms with Gasteiger partial charge in [-0.05, 0) is 39.8 Å². The maximum Gasteiger partial charge on any atom is 0.410 e. The van der Waals surface area contributed by atoms with Crippen molar-refractivity contribution in [3.63, 3.8) is 0 Å². The second kappa shape index (κ2) is 5.13. The van der Waals surface area contributed by atoms with Crippen LogP contribution >= 0.6 is 11.3 Å². The summed E-state index contributed by atoms with van der Waals surface area (Å²) in [5.41, 5.74) is -0.500. The first-order valence-corrected chi connectivity index (χ1v) is 7.30. The molecule has 5 heteroatoms. The number of aryl methyl sites for hydroxylation is 1. The van der Waals surface area contributed by atoms with Gasteiger partial charge in [-0.1, -0.05) is 0 Å². The lowest BCUT2D eigenvalue weighted by Crippen LogP contribution is -2.35. The van der Waals surface area contributed by atoms with E-state index in [2.05, 4.69) is 0 Å². The molecule has 0 aliphatic carbocycles. The van der Waals surface area contributed by atoms with Crippen LogP contribution in [0.2, 0.25) is 0 Å². The van der Waals surface area contributed by atoms with Crippen LogP contribution in [0, 0.1) is 6.92 Å². The molecule has 1 N–H and O–H groups in total. The van der Waals surface area contributed by atoms with Gasteiger partial charge >= 0.3 is 6.09 Å². The van der Waals surface area contributed by atoms with Gasteiger partial charge in [-0.2, -0.15) is 0 Å². The summed E-state index contributed by atoms with van der Waals surface area (Å²) in [4.78, 5) is 15.9. The molecular weight excluding hydrogens is 262 g/mol. The van der Waals surface area contributed by atoms with Crippen LogP contribution in [0.4, 0.5) is 4.79 Å². The molecular formula is C14H21NO3S. The van der Waals surface area contributed by atoms with Crippen molar-refractivity contribution < 1.29 is 14.6 Å². The lowest BCUT2D eigenvalue weighted by Gasteiger charge is -2.24. The van der Waals surface area contributed by atoms with Crippen LogP contribution in [0.25, 0.3) is 0 Å². The molecule has 106 valence electrons. The maximum atomic E-state index is 12.0. The van der Waals surface area contributed by atoms with Crippen molar-refractivity contribution in [1.82, 2.24) is 4.90 Å². The Hall–Kier alpha value is -1.07. The number of amides is 1. The van der Waals surface area contributed by atoms with Crippen molar-refractivity contribution in [3.05, 3.63) is 21.9 Å². The molecule has 19 heavy (non-hydrogen) atoms. The minimum absolute atomic E-state index is 0.00576. The van der Waals surface area contributed by atoms with E-state index in [9.17, 15) is 9.90 Å². The van der Waals surface area contributed by atoms with Crippen LogP contribution in [-0.2, 0) is 4.74 Å². The number of rotatable bonds is 1. The van der Waals surface area contributed by atoms with E-state index in [0.29, 0.717) is 13.1 Å². The largest absolute Gasteiger partial charge is 0.444 e. The molecule has 0 radical (unpaired) electrons. The number of aliphatic hydroxyl groups excluding tert-OH is 1. The van der Waals surface area contributed by atoms with Crippen LogP contribution < -0.4 is 0 Å². The van der Waals surface area contributed by atoms with Crippen molar-refractivity contribution in [2.45, 2.75) is 45.3 Å². The third-order valence-electron chi connectivity index (χ3n) is 3.07. The molecule has 1 aromatic heterocycles. The number of likely N-dealkylation sites (tertiary alicyclic amines) is 1. The molecule has 1 aliphatic rings. The first-order chi connectivity index (χ1) is 8.76. The molecule has 4 nitrogen and oxygen atoms in total. The molecule has 2 atom stereocenters. The highest BCUT2D eigenvalue weighted by Crippen LogP contribution is 2.32. The topological polar surface area (TPSA) is 49.8 Å². The maximum absolute atomic E-state index is 12.0. The quantitative estimate of drug-likeness (QED) is 0.862. The number of β-amino-alcohol motifs (C(OH)–C–C–N with tert-alkyl or cyclic N) is 1. The van der Waals surface area contributed by atoms with E-state index in [1.165, 1.54) is 4.88 Å². The van der Waals surface area contributed by atoms with Crippen molar-refractivity contribution in [1.29, 1.82) is 0 Å². The van der Waals surface area contributed by atoms with E-state index in [1.54, 1.807) is 16.2 Å². The predicted molar refractivity (Wildman–Crippen MR) is 75.6 cm³/mol. The molecule has 0 aromatic carbocycles. The first-order valence-electron chi connectivity index (χ1n) is 6.48. The molecule has 1 aliphatic heterocycles. The van der Waals surface area contributed by atoms with Crippen LogP contribution in [0.5, 0.6) is 0 Å². The van der Waals surface area contributed by atoms with Gasteiger partial charge in [0.1, 0.15) is 5.60 Å². The Morgan fingerprint density at radius 2 is 2.11 bits per heavy atom. The monoisotopic (exact) mass is 283 g/mol. The number of aliphatic hydroxyl groups is 1.